The lowest BCUT2D eigenvalue weighted by Crippen LogP contribution is -2.49. The van der Waals surface area contributed by atoms with Crippen molar-refractivity contribution in [1.29, 1.82) is 0 Å². The first-order valence-electron chi connectivity index (χ1n) is 11.6. The molecule has 2 amide bonds. The zero-order valence-corrected chi connectivity index (χ0v) is 20.4. The Morgan fingerprint density at radius 3 is 2.35 bits per heavy atom. The Morgan fingerprint density at radius 2 is 1.68 bits per heavy atom. The quantitative estimate of drug-likeness (QED) is 0.529. The highest BCUT2D eigenvalue weighted by molar-refractivity contribution is 7.71. The monoisotopic (exact) mass is 478 g/mol. The summed E-state index contributed by atoms with van der Waals surface area (Å²) in [5, 5.41) is 7.49. The fourth-order valence-corrected chi connectivity index (χ4v) is 4.54. The normalized spacial score (nSPS) is 13.7. The van der Waals surface area contributed by atoms with Crippen LogP contribution in [-0.4, -0.2) is 57.2 Å². The molecule has 1 aliphatic heterocycles. The lowest BCUT2D eigenvalue weighted by atomic mass is 10.1. The van der Waals surface area contributed by atoms with Crippen LogP contribution in [0.2, 0.25) is 0 Å². The number of anilines is 1. The lowest BCUT2D eigenvalue weighted by Gasteiger charge is -2.36. The van der Waals surface area contributed by atoms with Gasteiger partial charge in [0.1, 0.15) is 6.54 Å². The minimum Gasteiger partial charge on any atom is -0.368 e. The maximum Gasteiger partial charge on any atom is 0.251 e. The Labute approximate surface area is 204 Å². The van der Waals surface area contributed by atoms with Gasteiger partial charge in [0.15, 0.2) is 10.6 Å². The van der Waals surface area contributed by atoms with E-state index in [1.165, 1.54) is 5.69 Å². The summed E-state index contributed by atoms with van der Waals surface area (Å²) in [5.74, 6) is 0.477. The van der Waals surface area contributed by atoms with Crippen LogP contribution >= 0.6 is 12.2 Å². The number of aryl methyl sites for hydroxylation is 1. The molecule has 1 aliphatic rings. The van der Waals surface area contributed by atoms with Crippen LogP contribution in [-0.2, 0) is 24.4 Å². The fraction of sp³-hybridized carbons (Fsp3) is 0.360. The van der Waals surface area contributed by atoms with Crippen molar-refractivity contribution in [3.8, 4) is 0 Å². The molecule has 8 nitrogen and oxygen atoms in total. The molecule has 2 aromatic carbocycles. The number of nitrogens with one attached hydrogen (secondary N) is 1. The second-order valence-corrected chi connectivity index (χ2v) is 8.67. The number of carbonyl (C=O) groups is 2. The number of piperazine rings is 1. The van der Waals surface area contributed by atoms with Crippen molar-refractivity contribution in [2.45, 2.75) is 33.5 Å². The predicted molar refractivity (Wildman–Crippen MR) is 134 cm³/mol. The van der Waals surface area contributed by atoms with E-state index in [1.807, 2.05) is 59.7 Å². The van der Waals surface area contributed by atoms with Crippen molar-refractivity contribution in [3.63, 3.8) is 0 Å². The Bertz CT molecular complexity index is 1210. The Hall–Kier alpha value is -3.46. The third kappa shape index (κ3) is 5.20. The number of amides is 2. The van der Waals surface area contributed by atoms with Crippen molar-refractivity contribution < 1.29 is 9.59 Å². The average molecular weight is 479 g/mol. The second kappa shape index (κ2) is 10.6. The molecule has 3 aromatic rings. The summed E-state index contributed by atoms with van der Waals surface area (Å²) in [7, 11) is 0. The maximum atomic E-state index is 13.0. The van der Waals surface area contributed by atoms with E-state index >= 15 is 0 Å². The van der Waals surface area contributed by atoms with Crippen LogP contribution in [0.25, 0.3) is 0 Å². The number of hydrogen-bond acceptors (Lipinski definition) is 5. The van der Waals surface area contributed by atoms with Crippen LogP contribution < -0.4 is 10.2 Å². The molecule has 0 atom stereocenters. The number of hydrogen-bond donors (Lipinski definition) is 1. The molecule has 0 radical (unpaired) electrons. The summed E-state index contributed by atoms with van der Waals surface area (Å²) in [4.78, 5) is 29.7. The standard InChI is InChI=1S/C25H30N6O2S/c1-3-30-22(17-26-24(33)21-12-8-7-9-19(21)2)27-31(25(30)34)18-23(32)29-15-13-28(14-16-29)20-10-5-4-6-11-20/h4-12H,3,13-18H2,1-2H3,(H,26,33). The van der Waals surface area contributed by atoms with Crippen molar-refractivity contribution in [2.24, 2.45) is 0 Å². The Morgan fingerprint density at radius 1 is 1.00 bits per heavy atom. The van der Waals surface area contributed by atoms with Gasteiger partial charge in [0.25, 0.3) is 5.91 Å². The Balaban J connectivity index is 1.38. The van der Waals surface area contributed by atoms with E-state index in [9.17, 15) is 9.59 Å². The van der Waals surface area contributed by atoms with E-state index in [4.69, 9.17) is 12.2 Å². The number of aromatic nitrogens is 3. The van der Waals surface area contributed by atoms with Gasteiger partial charge >= 0.3 is 0 Å². The average Bonchev–Trinajstić information content (AvgIpc) is 3.17. The zero-order valence-electron chi connectivity index (χ0n) is 19.6. The summed E-state index contributed by atoms with van der Waals surface area (Å²) in [6, 6.07) is 17.7. The molecule has 0 saturated carbocycles. The highest BCUT2D eigenvalue weighted by Crippen LogP contribution is 2.16. The van der Waals surface area contributed by atoms with Gasteiger partial charge < -0.3 is 19.7 Å². The minimum atomic E-state index is -0.159. The van der Waals surface area contributed by atoms with Gasteiger partial charge in [0.05, 0.1) is 6.54 Å². The van der Waals surface area contributed by atoms with Crippen LogP contribution in [0.3, 0.4) is 0 Å². The van der Waals surface area contributed by atoms with E-state index in [0.717, 1.165) is 18.7 Å². The molecule has 1 saturated heterocycles. The summed E-state index contributed by atoms with van der Waals surface area (Å²) >= 11 is 5.58. The molecule has 0 spiro atoms. The molecule has 0 unspecified atom stereocenters. The van der Waals surface area contributed by atoms with Gasteiger partial charge in [-0.2, -0.15) is 5.10 Å². The van der Waals surface area contributed by atoms with E-state index in [-0.39, 0.29) is 24.9 Å². The highest BCUT2D eigenvalue weighted by atomic mass is 32.1. The van der Waals surface area contributed by atoms with Crippen molar-refractivity contribution in [2.75, 3.05) is 31.1 Å². The van der Waals surface area contributed by atoms with Gasteiger partial charge in [-0.05, 0) is 49.8 Å². The fourth-order valence-electron chi connectivity index (χ4n) is 4.20. The molecule has 1 fully saturated rings. The first-order valence-corrected chi connectivity index (χ1v) is 12.0. The second-order valence-electron chi connectivity index (χ2n) is 8.30. The largest absolute Gasteiger partial charge is 0.368 e. The van der Waals surface area contributed by atoms with E-state index in [2.05, 4.69) is 27.4 Å². The van der Waals surface area contributed by atoms with Crippen LogP contribution in [0.1, 0.15) is 28.7 Å². The third-order valence-corrected chi connectivity index (χ3v) is 6.58. The van der Waals surface area contributed by atoms with Crippen molar-refractivity contribution in [1.82, 2.24) is 24.6 Å². The molecule has 2 heterocycles. The highest BCUT2D eigenvalue weighted by Gasteiger charge is 2.23. The lowest BCUT2D eigenvalue weighted by molar-refractivity contribution is -0.132. The number of benzene rings is 2. The molecule has 34 heavy (non-hydrogen) atoms. The van der Waals surface area contributed by atoms with Gasteiger partial charge in [-0.3, -0.25) is 9.59 Å². The number of carbonyl (C=O) groups excluding carboxylic acids is 2. The number of nitrogens with zero attached hydrogens (tertiary/aromatic N) is 5. The smallest absolute Gasteiger partial charge is 0.251 e. The van der Waals surface area contributed by atoms with Gasteiger partial charge in [-0.1, -0.05) is 36.4 Å². The van der Waals surface area contributed by atoms with Crippen LogP contribution in [0.4, 0.5) is 5.69 Å². The van der Waals surface area contributed by atoms with Gasteiger partial charge in [-0.25, -0.2) is 4.68 Å². The van der Waals surface area contributed by atoms with Crippen molar-refractivity contribution >= 4 is 29.7 Å². The molecule has 178 valence electrons. The van der Waals surface area contributed by atoms with Gasteiger partial charge in [0.2, 0.25) is 5.91 Å². The predicted octanol–water partition coefficient (Wildman–Crippen LogP) is 3.02. The molecular weight excluding hydrogens is 448 g/mol. The van der Waals surface area contributed by atoms with Crippen LogP contribution in [0.15, 0.2) is 54.6 Å². The zero-order chi connectivity index (χ0) is 24.1. The van der Waals surface area contributed by atoms with Crippen LogP contribution in [0, 0.1) is 11.7 Å². The summed E-state index contributed by atoms with van der Waals surface area (Å²) in [6.07, 6.45) is 0. The summed E-state index contributed by atoms with van der Waals surface area (Å²) in [5.41, 5.74) is 2.72. The maximum absolute atomic E-state index is 13.0. The Kier molecular flexibility index (Phi) is 7.42. The minimum absolute atomic E-state index is 0.0000562. The molecule has 9 heteroatoms. The van der Waals surface area contributed by atoms with Crippen molar-refractivity contribution in [3.05, 3.63) is 76.3 Å². The van der Waals surface area contributed by atoms with Gasteiger partial charge in [0, 0.05) is 44.0 Å². The number of para-hydroxylation sites is 1. The molecule has 1 N–H and O–H groups in total. The first-order chi connectivity index (χ1) is 16.5. The number of rotatable bonds is 7. The molecule has 0 bridgehead atoms. The summed E-state index contributed by atoms with van der Waals surface area (Å²) in [6.45, 7) is 7.72. The molecule has 0 aliphatic carbocycles. The molecule has 1 aromatic heterocycles. The topological polar surface area (TPSA) is 75.4 Å². The summed E-state index contributed by atoms with van der Waals surface area (Å²) < 4.78 is 3.91. The van der Waals surface area contributed by atoms with Gasteiger partial charge in [-0.15, -0.1) is 0 Å². The third-order valence-electron chi connectivity index (χ3n) is 6.15. The van der Waals surface area contributed by atoms with E-state index in [0.29, 0.717) is 35.8 Å². The molecule has 4 rings (SSSR count). The van der Waals surface area contributed by atoms with E-state index in [1.54, 1.807) is 10.7 Å². The molecular formula is C25H30N6O2S. The first kappa shape index (κ1) is 23.7. The SMILES string of the molecule is CCn1c(CNC(=O)c2ccccc2C)nn(CC(=O)N2CCN(c3ccccc3)CC2)c1=S. The van der Waals surface area contributed by atoms with E-state index < -0.39 is 0 Å². The van der Waals surface area contributed by atoms with Crippen LogP contribution in [0.5, 0.6) is 0 Å².